The van der Waals surface area contributed by atoms with E-state index in [2.05, 4.69) is 158 Å². The van der Waals surface area contributed by atoms with Crippen molar-refractivity contribution >= 4 is 54.7 Å². The highest BCUT2D eigenvalue weighted by Gasteiger charge is 2.45. The van der Waals surface area contributed by atoms with Gasteiger partial charge in [-0.1, -0.05) is 111 Å². The summed E-state index contributed by atoms with van der Waals surface area (Å²) in [6.07, 6.45) is 19.8. The number of anilines is 1. The van der Waals surface area contributed by atoms with Crippen molar-refractivity contribution in [1.82, 2.24) is 5.32 Å². The topological polar surface area (TPSA) is 110 Å². The van der Waals surface area contributed by atoms with Crippen LogP contribution < -0.4 is 10.2 Å². The Hall–Kier alpha value is -5.77. The summed E-state index contributed by atoms with van der Waals surface area (Å²) in [7, 11) is -4.01. The number of allylic oxidation sites excluding steroid dienone is 8. The second-order valence-electron chi connectivity index (χ2n) is 17.6. The first-order valence-electron chi connectivity index (χ1n) is 21.9. The van der Waals surface area contributed by atoms with Gasteiger partial charge in [-0.25, -0.2) is 0 Å². The number of carbonyl (C=O) groups excluding carboxylic acids is 1. The third kappa shape index (κ3) is 9.96. The second-order valence-corrected chi connectivity index (χ2v) is 19.1. The van der Waals surface area contributed by atoms with Crippen LogP contribution in [0.4, 0.5) is 11.4 Å². The normalized spacial score (nSPS) is 16.5. The molecule has 0 unspecified atom stereocenters. The van der Waals surface area contributed by atoms with Crippen molar-refractivity contribution in [3.63, 3.8) is 0 Å². The molecule has 0 saturated carbocycles. The molecule has 3 N–H and O–H groups in total. The Balaban J connectivity index is 1.04. The molecule has 0 fully saturated rings. The van der Waals surface area contributed by atoms with Crippen LogP contribution in [0.2, 0.25) is 0 Å². The smallest absolute Gasteiger partial charge is 0.264 e. The summed E-state index contributed by atoms with van der Waals surface area (Å²) in [4.78, 5) is 14.9. The van der Waals surface area contributed by atoms with Gasteiger partial charge in [0.05, 0.1) is 11.2 Å². The standard InChI is InChI=1S/C53H59N3O5S/c1-52(2)47(55(45-32-28-40-19-12-14-21-43(40)50(45)52)36-16-8-11-25-49(58)54-35-34-39-26-30-42(57)31-27-39)23-9-6-5-7-10-24-48-53(3,4)51-44-22-15-13-20-41(44)29-33-46(51)56(48)37-17-18-38-62(59,60)61/h5-7,9-10,12-15,19-24,26-33H,8,11,16-18,25,34-38H2,1-4H3,(H2-,54,57,58,59,60,61)/p+1. The summed E-state index contributed by atoms with van der Waals surface area (Å²) in [6, 6.07) is 33.0. The first-order valence-corrected chi connectivity index (χ1v) is 23.6. The fraction of sp³-hybridized carbons (Fsp3) is 0.321. The Labute approximate surface area is 367 Å². The predicted molar refractivity (Wildman–Crippen MR) is 256 cm³/mol. The molecule has 0 bridgehead atoms. The van der Waals surface area contributed by atoms with Gasteiger partial charge in [0.15, 0.2) is 5.71 Å². The van der Waals surface area contributed by atoms with Gasteiger partial charge in [-0.3, -0.25) is 9.35 Å². The van der Waals surface area contributed by atoms with Gasteiger partial charge in [0.2, 0.25) is 11.6 Å². The van der Waals surface area contributed by atoms with Gasteiger partial charge in [0.25, 0.3) is 10.1 Å². The third-order valence-electron chi connectivity index (χ3n) is 12.5. The Morgan fingerprint density at radius 1 is 0.726 bits per heavy atom. The number of aromatic hydroxyl groups is 1. The molecule has 5 aromatic carbocycles. The number of rotatable bonds is 18. The van der Waals surface area contributed by atoms with E-state index in [1.807, 2.05) is 12.1 Å². The number of fused-ring (bicyclic) bond motifs is 6. The Kier molecular flexibility index (Phi) is 13.6. The summed E-state index contributed by atoms with van der Waals surface area (Å²) in [6.45, 7) is 11.2. The zero-order valence-electron chi connectivity index (χ0n) is 36.5. The first kappa shape index (κ1) is 44.3. The minimum absolute atomic E-state index is 0.0758. The lowest BCUT2D eigenvalue weighted by Gasteiger charge is -2.27. The van der Waals surface area contributed by atoms with Gasteiger partial charge < -0.3 is 15.3 Å². The number of hydrogen-bond donors (Lipinski definition) is 3. The molecule has 2 aliphatic heterocycles. The van der Waals surface area contributed by atoms with Crippen molar-refractivity contribution in [2.75, 3.05) is 30.3 Å². The highest BCUT2D eigenvalue weighted by atomic mass is 32.2. The quantitative estimate of drug-likeness (QED) is 0.0351. The van der Waals surface area contributed by atoms with Crippen LogP contribution in [0.3, 0.4) is 0 Å². The van der Waals surface area contributed by atoms with Crippen LogP contribution in [0.1, 0.15) is 82.9 Å². The van der Waals surface area contributed by atoms with Crippen LogP contribution >= 0.6 is 0 Å². The summed E-state index contributed by atoms with van der Waals surface area (Å²) in [5.41, 5.74) is 7.94. The lowest BCUT2D eigenvalue weighted by Crippen LogP contribution is -2.28. The Bertz CT molecular complexity index is 2710. The number of benzene rings is 5. The average Bonchev–Trinajstić information content (AvgIpc) is 3.60. The molecule has 9 heteroatoms. The maximum Gasteiger partial charge on any atom is 0.264 e. The molecule has 1 amide bonds. The van der Waals surface area contributed by atoms with Crippen molar-refractivity contribution in [3.05, 3.63) is 162 Å². The molecule has 8 nitrogen and oxygen atoms in total. The van der Waals surface area contributed by atoms with E-state index < -0.39 is 10.1 Å². The molecular weight excluding hydrogens is 791 g/mol. The van der Waals surface area contributed by atoms with Gasteiger partial charge in [-0.05, 0) is 109 Å². The number of hydrogen-bond acceptors (Lipinski definition) is 5. The zero-order chi connectivity index (χ0) is 43.9. The van der Waals surface area contributed by atoms with Crippen LogP contribution in [-0.2, 0) is 32.2 Å². The first-order chi connectivity index (χ1) is 29.8. The summed E-state index contributed by atoms with van der Waals surface area (Å²) < 4.78 is 34.7. The molecule has 0 aliphatic carbocycles. The molecule has 322 valence electrons. The molecule has 0 atom stereocenters. The summed E-state index contributed by atoms with van der Waals surface area (Å²) in [5, 5.41) is 17.5. The van der Waals surface area contributed by atoms with E-state index in [0.717, 1.165) is 49.2 Å². The molecule has 0 spiro atoms. The summed E-state index contributed by atoms with van der Waals surface area (Å²) >= 11 is 0. The molecule has 0 aromatic heterocycles. The number of phenolic OH excluding ortho intramolecular Hbond substituents is 1. The molecule has 7 rings (SSSR count). The number of nitrogens with zero attached hydrogens (tertiary/aromatic N) is 2. The van der Waals surface area contributed by atoms with Gasteiger partial charge in [-0.15, -0.1) is 0 Å². The highest BCUT2D eigenvalue weighted by Crippen LogP contribution is 2.51. The van der Waals surface area contributed by atoms with Crippen LogP contribution in [0.5, 0.6) is 5.75 Å². The largest absolute Gasteiger partial charge is 0.508 e. The lowest BCUT2D eigenvalue weighted by molar-refractivity contribution is -0.438. The third-order valence-corrected chi connectivity index (χ3v) is 13.3. The number of amides is 1. The minimum atomic E-state index is -4.01. The monoisotopic (exact) mass is 850 g/mol. The van der Waals surface area contributed by atoms with Gasteiger partial charge in [0.1, 0.15) is 12.3 Å². The lowest BCUT2D eigenvalue weighted by atomic mass is 9.79. The maximum atomic E-state index is 12.6. The van der Waals surface area contributed by atoms with Crippen LogP contribution in [0, 0.1) is 0 Å². The van der Waals surface area contributed by atoms with Crippen molar-refractivity contribution in [2.24, 2.45) is 0 Å². The zero-order valence-corrected chi connectivity index (χ0v) is 37.3. The van der Waals surface area contributed by atoms with E-state index in [4.69, 9.17) is 0 Å². The van der Waals surface area contributed by atoms with Gasteiger partial charge >= 0.3 is 0 Å². The maximum absolute atomic E-state index is 12.6. The molecule has 2 heterocycles. The van der Waals surface area contributed by atoms with Crippen molar-refractivity contribution < 1.29 is 27.4 Å². The van der Waals surface area contributed by atoms with Crippen molar-refractivity contribution in [3.8, 4) is 5.75 Å². The van der Waals surface area contributed by atoms with Gasteiger partial charge in [-0.2, -0.15) is 13.0 Å². The van der Waals surface area contributed by atoms with Crippen LogP contribution in [0.25, 0.3) is 21.5 Å². The Morgan fingerprint density at radius 3 is 2.11 bits per heavy atom. The molecule has 2 aliphatic rings. The molecule has 0 saturated heterocycles. The predicted octanol–water partition coefficient (Wildman–Crippen LogP) is 11.0. The fourth-order valence-corrected chi connectivity index (χ4v) is 9.99. The van der Waals surface area contributed by atoms with E-state index in [9.17, 15) is 22.9 Å². The molecule has 5 aromatic rings. The van der Waals surface area contributed by atoms with E-state index in [1.54, 1.807) is 12.1 Å². The van der Waals surface area contributed by atoms with E-state index in [-0.39, 0.29) is 28.2 Å². The number of phenols is 1. The second kappa shape index (κ2) is 19.1. The average molecular weight is 851 g/mol. The van der Waals surface area contributed by atoms with E-state index >= 15 is 0 Å². The van der Waals surface area contributed by atoms with Crippen LogP contribution in [-0.4, -0.2) is 59.7 Å². The van der Waals surface area contributed by atoms with Crippen molar-refractivity contribution in [1.29, 1.82) is 0 Å². The summed E-state index contributed by atoms with van der Waals surface area (Å²) in [5.74, 6) is 0.0786. The Morgan fingerprint density at radius 2 is 1.39 bits per heavy atom. The van der Waals surface area contributed by atoms with E-state index in [0.29, 0.717) is 32.4 Å². The van der Waals surface area contributed by atoms with Crippen LogP contribution in [0.15, 0.2) is 145 Å². The molecule has 0 radical (unpaired) electrons. The molecular formula is C53H60N3O5S+. The highest BCUT2D eigenvalue weighted by molar-refractivity contribution is 7.85. The number of carbonyl (C=O) groups is 1. The number of nitrogens with one attached hydrogen (secondary N) is 1. The van der Waals surface area contributed by atoms with Gasteiger partial charge in [0, 0.05) is 60.4 Å². The minimum Gasteiger partial charge on any atom is -0.508 e. The fourth-order valence-electron chi connectivity index (χ4n) is 9.42. The number of unbranched alkanes of at least 4 members (excludes halogenated alkanes) is 3. The van der Waals surface area contributed by atoms with Crippen molar-refractivity contribution in [2.45, 2.75) is 83.5 Å². The molecule has 62 heavy (non-hydrogen) atoms. The van der Waals surface area contributed by atoms with E-state index in [1.165, 1.54) is 44.1 Å². The SMILES string of the molecule is CC1(C)C(/C=C/C=C/C=C/C=C2/N(CCCCS(=O)(=O)O)c3ccc4ccccc4c3C2(C)C)=[N+](CCCCCC(=O)NCCc2ccc(O)cc2)c2ccc3ccccc3c21.